The number of hydrogen-bond acceptors (Lipinski definition) is 3. The van der Waals surface area contributed by atoms with Crippen molar-refractivity contribution >= 4 is 10.0 Å². The Morgan fingerprint density at radius 3 is 2.33 bits per heavy atom. The van der Waals surface area contributed by atoms with E-state index >= 15 is 0 Å². The topological polar surface area (TPSA) is 70.0 Å². The van der Waals surface area contributed by atoms with Crippen LogP contribution in [0.25, 0.3) is 0 Å². The van der Waals surface area contributed by atoms with E-state index in [1.165, 1.54) is 13.8 Å². The molecule has 0 aromatic carbocycles. The highest BCUT2D eigenvalue weighted by atomic mass is 32.2. The summed E-state index contributed by atoms with van der Waals surface area (Å²) in [7, 11) is -3.58. The van der Waals surface area contributed by atoms with Gasteiger partial charge in [0.2, 0.25) is 10.0 Å². The van der Waals surface area contributed by atoms with Crippen LogP contribution in [-0.2, 0) is 10.0 Å². The molecule has 0 rings (SSSR count). The number of nitrogens with one attached hydrogen (secondary N) is 1. The second kappa shape index (κ2) is 4.10. The summed E-state index contributed by atoms with van der Waals surface area (Å²) in [4.78, 5) is 0. The first-order valence-corrected chi connectivity index (χ1v) is 4.85. The molecule has 0 aromatic heterocycles. The Hall–Kier alpha value is -1.04. The van der Waals surface area contributed by atoms with Crippen molar-refractivity contribution in [2.45, 2.75) is 25.1 Å². The van der Waals surface area contributed by atoms with Gasteiger partial charge in [0.1, 0.15) is 0 Å². The molecule has 0 saturated heterocycles. The highest BCUT2D eigenvalue weighted by molar-refractivity contribution is 7.90. The summed E-state index contributed by atoms with van der Waals surface area (Å²) < 4.78 is 24.4. The first-order chi connectivity index (χ1) is 5.44. The fourth-order valence-corrected chi connectivity index (χ4v) is 1.36. The van der Waals surface area contributed by atoms with Crippen LogP contribution >= 0.6 is 0 Å². The van der Waals surface area contributed by atoms with E-state index < -0.39 is 21.3 Å². The van der Waals surface area contributed by atoms with Gasteiger partial charge in [-0.1, -0.05) is 5.92 Å². The number of nitriles is 1. The second-order valence-electron chi connectivity index (χ2n) is 2.32. The van der Waals surface area contributed by atoms with Gasteiger partial charge in [-0.15, -0.1) is 6.42 Å². The third-order valence-corrected chi connectivity index (χ3v) is 2.96. The van der Waals surface area contributed by atoms with E-state index in [1.54, 1.807) is 6.07 Å². The normalized spacial score (nSPS) is 15.7. The minimum absolute atomic E-state index is 0.578. The van der Waals surface area contributed by atoms with Crippen LogP contribution in [0, 0.1) is 23.7 Å². The molecule has 0 radical (unpaired) electrons. The van der Waals surface area contributed by atoms with Gasteiger partial charge in [-0.2, -0.15) is 9.98 Å². The molecule has 0 aliphatic carbocycles. The average molecular weight is 186 g/mol. The molecule has 0 saturated carbocycles. The first kappa shape index (κ1) is 11.0. The van der Waals surface area contributed by atoms with Gasteiger partial charge < -0.3 is 0 Å². The van der Waals surface area contributed by atoms with Gasteiger partial charge >= 0.3 is 0 Å². The molecular formula is C7H10N2O2S. The largest absolute Gasteiger partial charge is 0.228 e. The Bertz CT molecular complexity index is 320. The number of hydrogen-bond donors (Lipinski definition) is 1. The maximum Gasteiger partial charge on any atom is 0.228 e. The van der Waals surface area contributed by atoms with Crippen LogP contribution in [0.3, 0.4) is 0 Å². The zero-order valence-electron chi connectivity index (χ0n) is 6.90. The summed E-state index contributed by atoms with van der Waals surface area (Å²) in [5.74, 6) is 2.20. The van der Waals surface area contributed by atoms with Crippen molar-refractivity contribution in [1.82, 2.24) is 4.72 Å². The van der Waals surface area contributed by atoms with Gasteiger partial charge in [0.15, 0.2) is 5.25 Å². The maximum atomic E-state index is 11.1. The lowest BCUT2D eigenvalue weighted by Gasteiger charge is -2.09. The molecule has 1 N–H and O–H groups in total. The van der Waals surface area contributed by atoms with Crippen molar-refractivity contribution in [2.24, 2.45) is 0 Å². The van der Waals surface area contributed by atoms with Crippen molar-refractivity contribution in [3.05, 3.63) is 0 Å². The molecule has 12 heavy (non-hydrogen) atoms. The van der Waals surface area contributed by atoms with Crippen LogP contribution in [0.1, 0.15) is 13.8 Å². The predicted octanol–water partition coefficient (Wildman–Crippen LogP) is -0.160. The molecule has 0 aromatic rings. The van der Waals surface area contributed by atoms with Crippen LogP contribution in [0.4, 0.5) is 0 Å². The fourth-order valence-electron chi connectivity index (χ4n) is 0.452. The molecule has 0 bridgehead atoms. The Balaban J connectivity index is 4.50. The molecule has 66 valence electrons. The van der Waals surface area contributed by atoms with Gasteiger partial charge in [-0.25, -0.2) is 8.42 Å². The molecule has 5 heteroatoms. The number of terminal acetylenes is 1. The van der Waals surface area contributed by atoms with E-state index in [9.17, 15) is 8.42 Å². The number of nitrogens with zero attached hydrogens (tertiary/aromatic N) is 1. The summed E-state index contributed by atoms with van der Waals surface area (Å²) in [5.41, 5.74) is 0. The average Bonchev–Trinajstić information content (AvgIpc) is 2.02. The van der Waals surface area contributed by atoms with Gasteiger partial charge in [0.25, 0.3) is 0 Å². The monoisotopic (exact) mass is 186 g/mol. The van der Waals surface area contributed by atoms with E-state index in [1.807, 2.05) is 0 Å². The maximum absolute atomic E-state index is 11.1. The molecule has 0 heterocycles. The van der Waals surface area contributed by atoms with Crippen molar-refractivity contribution in [1.29, 1.82) is 5.26 Å². The predicted molar refractivity (Wildman–Crippen MR) is 45.4 cm³/mol. The minimum Gasteiger partial charge on any atom is -0.211 e. The van der Waals surface area contributed by atoms with E-state index in [0.717, 1.165) is 0 Å². The van der Waals surface area contributed by atoms with Crippen molar-refractivity contribution in [3.8, 4) is 18.4 Å². The van der Waals surface area contributed by atoms with Crippen molar-refractivity contribution < 1.29 is 8.42 Å². The standard InChI is InChI=1S/C7H10N2O2S/c1-4-6(2)9-12(10,11)7(3)5-8/h1,6-7,9H,2-3H3. The summed E-state index contributed by atoms with van der Waals surface area (Å²) in [6.07, 6.45) is 4.96. The summed E-state index contributed by atoms with van der Waals surface area (Å²) in [5, 5.41) is 7.26. The fraction of sp³-hybridized carbons (Fsp3) is 0.571. The molecule has 0 amide bonds. The lowest BCUT2D eigenvalue weighted by atomic mass is 10.4. The van der Waals surface area contributed by atoms with Crippen molar-refractivity contribution in [3.63, 3.8) is 0 Å². The summed E-state index contributed by atoms with van der Waals surface area (Å²) in [6.45, 7) is 2.83. The number of sulfonamides is 1. The molecule has 2 unspecified atom stereocenters. The van der Waals surface area contributed by atoms with Gasteiger partial charge in [0, 0.05) is 0 Å². The quantitative estimate of drug-likeness (QED) is 0.622. The summed E-state index contributed by atoms with van der Waals surface area (Å²) in [6, 6.07) is 1.04. The Kier molecular flexibility index (Phi) is 3.75. The Morgan fingerprint density at radius 2 is 2.00 bits per heavy atom. The second-order valence-corrected chi connectivity index (χ2v) is 4.36. The smallest absolute Gasteiger partial charge is 0.211 e. The van der Waals surface area contributed by atoms with Crippen LogP contribution in [0.15, 0.2) is 0 Å². The third-order valence-electron chi connectivity index (χ3n) is 1.24. The van der Waals surface area contributed by atoms with E-state index in [-0.39, 0.29) is 0 Å². The molecule has 0 aliphatic heterocycles. The molecule has 4 nitrogen and oxygen atoms in total. The van der Waals surface area contributed by atoms with Crippen LogP contribution in [-0.4, -0.2) is 19.7 Å². The Labute approximate surface area is 72.6 Å². The van der Waals surface area contributed by atoms with Gasteiger partial charge in [0.05, 0.1) is 12.1 Å². The van der Waals surface area contributed by atoms with E-state index in [2.05, 4.69) is 10.6 Å². The van der Waals surface area contributed by atoms with Gasteiger partial charge in [-0.3, -0.25) is 0 Å². The minimum atomic E-state index is -3.58. The third kappa shape index (κ3) is 2.91. The van der Waals surface area contributed by atoms with Crippen LogP contribution in [0.2, 0.25) is 0 Å². The van der Waals surface area contributed by atoms with Crippen molar-refractivity contribution in [2.75, 3.05) is 0 Å². The molecule has 2 atom stereocenters. The highest BCUT2D eigenvalue weighted by Crippen LogP contribution is 1.97. The van der Waals surface area contributed by atoms with Gasteiger partial charge in [-0.05, 0) is 13.8 Å². The van der Waals surface area contributed by atoms with Crippen LogP contribution < -0.4 is 4.72 Å². The molecular weight excluding hydrogens is 176 g/mol. The molecule has 0 aliphatic rings. The summed E-state index contributed by atoms with van der Waals surface area (Å²) >= 11 is 0. The molecule has 0 fully saturated rings. The van der Waals surface area contributed by atoms with E-state index in [0.29, 0.717) is 0 Å². The first-order valence-electron chi connectivity index (χ1n) is 3.31. The lowest BCUT2D eigenvalue weighted by Crippen LogP contribution is -2.37. The molecule has 0 spiro atoms. The van der Waals surface area contributed by atoms with E-state index in [4.69, 9.17) is 11.7 Å². The number of rotatable bonds is 3. The SMILES string of the molecule is C#CC(C)NS(=O)(=O)C(C)C#N. The Morgan fingerprint density at radius 1 is 1.50 bits per heavy atom. The zero-order chi connectivity index (χ0) is 9.78. The highest BCUT2D eigenvalue weighted by Gasteiger charge is 2.20. The van der Waals surface area contributed by atoms with Crippen LogP contribution in [0.5, 0.6) is 0 Å². The zero-order valence-corrected chi connectivity index (χ0v) is 7.72. The lowest BCUT2D eigenvalue weighted by molar-refractivity contribution is 0.573.